The smallest absolute Gasteiger partial charge is 0.274 e. The van der Waals surface area contributed by atoms with Gasteiger partial charge in [0.2, 0.25) is 0 Å². The van der Waals surface area contributed by atoms with Gasteiger partial charge in [0.1, 0.15) is 5.82 Å². The first-order valence-electron chi connectivity index (χ1n) is 6.87. The van der Waals surface area contributed by atoms with Gasteiger partial charge in [-0.05, 0) is 25.7 Å². The molecule has 6 heteroatoms. The first-order valence-corrected chi connectivity index (χ1v) is 6.87. The Morgan fingerprint density at radius 2 is 2.11 bits per heavy atom. The first kappa shape index (κ1) is 12.3. The number of hydrogen-bond acceptors (Lipinski definition) is 4. The van der Waals surface area contributed by atoms with E-state index in [9.17, 15) is 4.79 Å². The van der Waals surface area contributed by atoms with Crippen molar-refractivity contribution < 1.29 is 0 Å². The standard InChI is InChI=1S/C13H19N5O/c1-8-7-10(19)18-13(15-8)16-12(17-18)11(14)9-5-3-2-4-6-9/h7,9,11H,2-6,14H2,1H3,(H,15,16,17). The molecule has 0 saturated heterocycles. The van der Waals surface area contributed by atoms with Crippen molar-refractivity contribution in [2.24, 2.45) is 11.7 Å². The average molecular weight is 261 g/mol. The third kappa shape index (κ3) is 2.28. The Labute approximate surface area is 111 Å². The van der Waals surface area contributed by atoms with Crippen molar-refractivity contribution in [3.8, 4) is 0 Å². The van der Waals surface area contributed by atoms with Crippen molar-refractivity contribution in [1.82, 2.24) is 19.6 Å². The highest BCUT2D eigenvalue weighted by atomic mass is 16.1. The predicted molar refractivity (Wildman–Crippen MR) is 71.8 cm³/mol. The summed E-state index contributed by atoms with van der Waals surface area (Å²) in [5, 5.41) is 2.99. The molecule has 3 N–H and O–H groups in total. The molecule has 0 aliphatic heterocycles. The highest BCUT2D eigenvalue weighted by Crippen LogP contribution is 2.31. The number of aromatic amines is 1. The van der Waals surface area contributed by atoms with E-state index in [-0.39, 0.29) is 11.6 Å². The van der Waals surface area contributed by atoms with Crippen molar-refractivity contribution in [3.63, 3.8) is 0 Å². The van der Waals surface area contributed by atoms with Gasteiger partial charge in [0.05, 0.1) is 6.04 Å². The second-order valence-corrected chi connectivity index (χ2v) is 5.40. The molecule has 2 aromatic rings. The van der Waals surface area contributed by atoms with Crippen LogP contribution in [0.3, 0.4) is 0 Å². The maximum absolute atomic E-state index is 11.8. The molecule has 0 aromatic carbocycles. The summed E-state index contributed by atoms with van der Waals surface area (Å²) in [7, 11) is 0. The second-order valence-electron chi connectivity index (χ2n) is 5.40. The first-order chi connectivity index (χ1) is 9.15. The molecule has 3 rings (SSSR count). The van der Waals surface area contributed by atoms with Crippen LogP contribution in [0, 0.1) is 12.8 Å². The van der Waals surface area contributed by atoms with Gasteiger partial charge in [0.15, 0.2) is 0 Å². The Morgan fingerprint density at radius 1 is 1.37 bits per heavy atom. The van der Waals surface area contributed by atoms with E-state index < -0.39 is 0 Å². The molecule has 0 amide bonds. The summed E-state index contributed by atoms with van der Waals surface area (Å²) in [5.74, 6) is 1.53. The zero-order valence-corrected chi connectivity index (χ0v) is 11.1. The molecule has 1 atom stereocenters. The minimum absolute atomic E-state index is 0.137. The van der Waals surface area contributed by atoms with E-state index in [0.29, 0.717) is 23.2 Å². The molecule has 0 spiro atoms. The van der Waals surface area contributed by atoms with E-state index in [1.54, 1.807) is 6.92 Å². The number of rotatable bonds is 2. The van der Waals surface area contributed by atoms with Gasteiger partial charge in [0, 0.05) is 11.8 Å². The molecule has 102 valence electrons. The number of fused-ring (bicyclic) bond motifs is 1. The van der Waals surface area contributed by atoms with Gasteiger partial charge in [0.25, 0.3) is 11.3 Å². The van der Waals surface area contributed by atoms with Crippen molar-refractivity contribution >= 4 is 5.78 Å². The van der Waals surface area contributed by atoms with Crippen LogP contribution >= 0.6 is 0 Å². The van der Waals surface area contributed by atoms with E-state index in [0.717, 1.165) is 12.8 Å². The zero-order valence-electron chi connectivity index (χ0n) is 11.1. The number of aryl methyl sites for hydroxylation is 1. The van der Waals surface area contributed by atoms with E-state index >= 15 is 0 Å². The Morgan fingerprint density at radius 3 is 2.84 bits per heavy atom. The predicted octanol–water partition coefficient (Wildman–Crippen LogP) is 1.31. The Bertz CT molecular complexity index is 638. The van der Waals surface area contributed by atoms with E-state index in [1.807, 2.05) is 0 Å². The van der Waals surface area contributed by atoms with Crippen LogP contribution < -0.4 is 11.3 Å². The number of nitrogens with one attached hydrogen (secondary N) is 1. The van der Waals surface area contributed by atoms with E-state index in [1.165, 1.54) is 29.8 Å². The van der Waals surface area contributed by atoms with Crippen LogP contribution in [0.25, 0.3) is 5.78 Å². The zero-order chi connectivity index (χ0) is 13.4. The minimum atomic E-state index is -0.142. The quantitative estimate of drug-likeness (QED) is 0.853. The van der Waals surface area contributed by atoms with Crippen molar-refractivity contribution in [3.05, 3.63) is 27.9 Å². The van der Waals surface area contributed by atoms with Crippen LogP contribution in [-0.4, -0.2) is 19.6 Å². The fourth-order valence-electron chi connectivity index (χ4n) is 2.87. The van der Waals surface area contributed by atoms with Gasteiger partial charge in [-0.3, -0.25) is 9.89 Å². The van der Waals surface area contributed by atoms with E-state index in [4.69, 9.17) is 5.73 Å². The molecule has 1 aliphatic rings. The normalized spacial score (nSPS) is 18.8. The molecular formula is C13H19N5O. The topological polar surface area (TPSA) is 89.1 Å². The summed E-state index contributed by atoms with van der Waals surface area (Å²) in [6, 6.07) is 1.35. The highest BCUT2D eigenvalue weighted by Gasteiger charge is 2.24. The molecule has 1 saturated carbocycles. The lowest BCUT2D eigenvalue weighted by molar-refractivity contribution is 0.301. The fourth-order valence-corrected chi connectivity index (χ4v) is 2.87. The van der Waals surface area contributed by atoms with Gasteiger partial charge >= 0.3 is 0 Å². The van der Waals surface area contributed by atoms with Crippen LogP contribution in [0.5, 0.6) is 0 Å². The summed E-state index contributed by atoms with van der Waals surface area (Å²) >= 11 is 0. The maximum atomic E-state index is 11.8. The van der Waals surface area contributed by atoms with Gasteiger partial charge < -0.3 is 5.73 Å². The molecule has 2 heterocycles. The SMILES string of the molecule is Cc1cc(=O)n2[nH]c(C(N)C3CCCCC3)nc2n1. The molecule has 6 nitrogen and oxygen atoms in total. The third-order valence-electron chi connectivity index (χ3n) is 3.95. The van der Waals surface area contributed by atoms with Crippen molar-refractivity contribution in [2.75, 3.05) is 0 Å². The average Bonchev–Trinajstić information content (AvgIpc) is 2.83. The molecule has 1 fully saturated rings. The van der Waals surface area contributed by atoms with Gasteiger partial charge in [-0.25, -0.2) is 4.98 Å². The fraction of sp³-hybridized carbons (Fsp3) is 0.615. The number of H-pyrrole nitrogens is 1. The third-order valence-corrected chi connectivity index (χ3v) is 3.95. The lowest BCUT2D eigenvalue weighted by Gasteiger charge is -2.25. The molecule has 1 unspecified atom stereocenters. The van der Waals surface area contributed by atoms with Crippen LogP contribution in [0.2, 0.25) is 0 Å². The molecule has 2 aromatic heterocycles. The Balaban J connectivity index is 1.96. The Hall–Kier alpha value is -1.69. The molecule has 0 radical (unpaired) electrons. The number of nitrogens with two attached hydrogens (primary N) is 1. The molecule has 19 heavy (non-hydrogen) atoms. The van der Waals surface area contributed by atoms with Crippen molar-refractivity contribution in [2.45, 2.75) is 45.1 Å². The van der Waals surface area contributed by atoms with Crippen LogP contribution in [0.15, 0.2) is 10.9 Å². The van der Waals surface area contributed by atoms with Crippen molar-refractivity contribution in [1.29, 1.82) is 0 Å². The maximum Gasteiger partial charge on any atom is 0.274 e. The Kier molecular flexibility index (Phi) is 3.10. The highest BCUT2D eigenvalue weighted by molar-refractivity contribution is 5.28. The van der Waals surface area contributed by atoms with Gasteiger partial charge in [-0.15, -0.1) is 0 Å². The van der Waals surface area contributed by atoms with Crippen LogP contribution in [0.1, 0.15) is 49.7 Å². The summed E-state index contributed by atoms with van der Waals surface area (Å²) in [6.07, 6.45) is 6.04. The molecule has 1 aliphatic carbocycles. The minimum Gasteiger partial charge on any atom is -0.321 e. The summed E-state index contributed by atoms with van der Waals surface area (Å²) in [5.41, 5.74) is 6.82. The van der Waals surface area contributed by atoms with Gasteiger partial charge in [-0.1, -0.05) is 19.3 Å². The number of hydrogen-bond donors (Lipinski definition) is 2. The summed E-state index contributed by atoms with van der Waals surface area (Å²) < 4.78 is 1.37. The van der Waals surface area contributed by atoms with Gasteiger partial charge in [-0.2, -0.15) is 9.50 Å². The van der Waals surface area contributed by atoms with Crippen LogP contribution in [-0.2, 0) is 0 Å². The molecular weight excluding hydrogens is 242 g/mol. The second kappa shape index (κ2) is 4.77. The lowest BCUT2D eigenvalue weighted by Crippen LogP contribution is -2.25. The molecule has 0 bridgehead atoms. The summed E-state index contributed by atoms with van der Waals surface area (Å²) in [6.45, 7) is 1.79. The lowest BCUT2D eigenvalue weighted by atomic mass is 9.84. The monoisotopic (exact) mass is 261 g/mol. The number of nitrogens with zero attached hydrogens (tertiary/aromatic N) is 3. The number of aromatic nitrogens is 4. The summed E-state index contributed by atoms with van der Waals surface area (Å²) in [4.78, 5) is 20.5. The largest absolute Gasteiger partial charge is 0.321 e. The van der Waals surface area contributed by atoms with E-state index in [2.05, 4.69) is 15.1 Å². The van der Waals surface area contributed by atoms with Crippen LogP contribution in [0.4, 0.5) is 0 Å².